The molecule has 5 heteroatoms. The number of nitrogens with zero attached hydrogens (tertiary/aromatic N) is 1. The number of hydrogen-bond donors (Lipinski definition) is 1. The maximum absolute atomic E-state index is 9.86. The van der Waals surface area contributed by atoms with E-state index in [1.54, 1.807) is 32.3 Å². The Kier molecular flexibility index (Phi) is 4.62. The van der Waals surface area contributed by atoms with Crippen molar-refractivity contribution in [3.05, 3.63) is 40.3 Å². The summed E-state index contributed by atoms with van der Waals surface area (Å²) >= 11 is 1.55. The van der Waals surface area contributed by atoms with Gasteiger partial charge >= 0.3 is 0 Å². The highest BCUT2D eigenvalue weighted by atomic mass is 32.1. The van der Waals surface area contributed by atoms with E-state index in [4.69, 9.17) is 9.47 Å². The molecular formula is C15H19NO3S. The van der Waals surface area contributed by atoms with Crippen LogP contribution in [0.25, 0.3) is 0 Å². The summed E-state index contributed by atoms with van der Waals surface area (Å²) in [6, 6.07) is 7.49. The lowest BCUT2D eigenvalue weighted by atomic mass is 10.1. The fourth-order valence-corrected chi connectivity index (χ4v) is 2.58. The van der Waals surface area contributed by atoms with Gasteiger partial charge in [0.25, 0.3) is 0 Å². The third-order valence-electron chi connectivity index (χ3n) is 2.82. The van der Waals surface area contributed by atoms with Crippen LogP contribution in [0.3, 0.4) is 0 Å². The van der Waals surface area contributed by atoms with Crippen LogP contribution >= 0.6 is 11.3 Å². The molecule has 0 amide bonds. The lowest BCUT2D eigenvalue weighted by Crippen LogP contribution is -2.16. The van der Waals surface area contributed by atoms with E-state index < -0.39 is 5.60 Å². The molecule has 1 aromatic heterocycles. The SMILES string of the molecule is COc1ccc(OCCc2nc(C(C)(C)O)cs2)cc1. The first kappa shape index (κ1) is 14.8. The smallest absolute Gasteiger partial charge is 0.119 e. The van der Waals surface area contributed by atoms with E-state index in [1.807, 2.05) is 29.6 Å². The summed E-state index contributed by atoms with van der Waals surface area (Å²) < 4.78 is 10.7. The molecule has 1 heterocycles. The Bertz CT molecular complexity index is 543. The van der Waals surface area contributed by atoms with Crippen molar-refractivity contribution in [2.45, 2.75) is 25.9 Å². The van der Waals surface area contributed by atoms with Gasteiger partial charge in [-0.3, -0.25) is 0 Å². The molecule has 2 aromatic rings. The van der Waals surface area contributed by atoms with Crippen LogP contribution < -0.4 is 9.47 Å². The summed E-state index contributed by atoms with van der Waals surface area (Å²) in [5.74, 6) is 1.62. The first-order valence-electron chi connectivity index (χ1n) is 6.43. The minimum Gasteiger partial charge on any atom is -0.497 e. The van der Waals surface area contributed by atoms with E-state index in [2.05, 4.69) is 4.98 Å². The van der Waals surface area contributed by atoms with Gasteiger partial charge in [0.2, 0.25) is 0 Å². The number of methoxy groups -OCH3 is 1. The number of benzene rings is 1. The summed E-state index contributed by atoms with van der Waals surface area (Å²) in [5, 5.41) is 12.7. The minimum absolute atomic E-state index is 0.561. The van der Waals surface area contributed by atoms with Crippen molar-refractivity contribution in [2.24, 2.45) is 0 Å². The quantitative estimate of drug-likeness (QED) is 0.889. The molecule has 1 aromatic carbocycles. The highest BCUT2D eigenvalue weighted by Crippen LogP contribution is 2.22. The van der Waals surface area contributed by atoms with Gasteiger partial charge in [0.15, 0.2) is 0 Å². The highest BCUT2D eigenvalue weighted by molar-refractivity contribution is 7.09. The Morgan fingerprint density at radius 1 is 1.20 bits per heavy atom. The third kappa shape index (κ3) is 3.95. The first-order valence-corrected chi connectivity index (χ1v) is 7.31. The second kappa shape index (κ2) is 6.24. The fourth-order valence-electron chi connectivity index (χ4n) is 1.63. The molecule has 0 spiro atoms. The molecule has 0 atom stereocenters. The molecule has 0 aliphatic carbocycles. The van der Waals surface area contributed by atoms with Gasteiger partial charge in [-0.05, 0) is 38.1 Å². The molecule has 0 aliphatic heterocycles. The van der Waals surface area contributed by atoms with Gasteiger partial charge in [-0.1, -0.05) is 0 Å². The predicted molar refractivity (Wildman–Crippen MR) is 79.6 cm³/mol. The molecule has 108 valence electrons. The Hall–Kier alpha value is -1.59. The van der Waals surface area contributed by atoms with Gasteiger partial charge in [-0.25, -0.2) is 4.98 Å². The average molecular weight is 293 g/mol. The normalized spacial score (nSPS) is 11.4. The molecule has 0 unspecified atom stereocenters. The van der Waals surface area contributed by atoms with Crippen molar-refractivity contribution in [1.82, 2.24) is 4.98 Å². The molecule has 0 bridgehead atoms. The van der Waals surface area contributed by atoms with Gasteiger partial charge < -0.3 is 14.6 Å². The second-order valence-corrected chi connectivity index (χ2v) is 5.90. The lowest BCUT2D eigenvalue weighted by molar-refractivity contribution is 0.0743. The molecule has 0 saturated heterocycles. The topological polar surface area (TPSA) is 51.6 Å². The molecule has 4 nitrogen and oxygen atoms in total. The van der Waals surface area contributed by atoms with Crippen molar-refractivity contribution < 1.29 is 14.6 Å². The van der Waals surface area contributed by atoms with Crippen LogP contribution in [0.5, 0.6) is 11.5 Å². The summed E-state index contributed by atoms with van der Waals surface area (Å²) in [6.45, 7) is 4.03. The van der Waals surface area contributed by atoms with Crippen LogP contribution in [0.2, 0.25) is 0 Å². The van der Waals surface area contributed by atoms with Gasteiger partial charge in [-0.2, -0.15) is 0 Å². The summed E-state index contributed by atoms with van der Waals surface area (Å²) in [4.78, 5) is 4.41. The maximum atomic E-state index is 9.86. The van der Waals surface area contributed by atoms with Crippen molar-refractivity contribution in [2.75, 3.05) is 13.7 Å². The number of thiazole rings is 1. The zero-order valence-electron chi connectivity index (χ0n) is 11.9. The number of aromatic nitrogens is 1. The third-order valence-corrected chi connectivity index (χ3v) is 3.73. The highest BCUT2D eigenvalue weighted by Gasteiger charge is 2.19. The summed E-state index contributed by atoms with van der Waals surface area (Å²) in [7, 11) is 1.64. The fraction of sp³-hybridized carbons (Fsp3) is 0.400. The predicted octanol–water partition coefficient (Wildman–Crippen LogP) is 3.00. The lowest BCUT2D eigenvalue weighted by Gasteiger charge is -2.13. The molecule has 2 rings (SSSR count). The van der Waals surface area contributed by atoms with E-state index in [0.29, 0.717) is 12.3 Å². The van der Waals surface area contributed by atoms with Crippen LogP contribution in [0.4, 0.5) is 0 Å². The van der Waals surface area contributed by atoms with Crippen LogP contribution in [0.15, 0.2) is 29.6 Å². The van der Waals surface area contributed by atoms with E-state index in [9.17, 15) is 5.11 Å². The standard InChI is InChI=1S/C15H19NO3S/c1-15(2,17)13-10-20-14(16-13)8-9-19-12-6-4-11(18-3)5-7-12/h4-7,10,17H,8-9H2,1-3H3. The molecule has 1 N–H and O–H groups in total. The van der Waals surface area contributed by atoms with Crippen molar-refractivity contribution in [3.63, 3.8) is 0 Å². The van der Waals surface area contributed by atoms with Crippen LogP contribution in [0.1, 0.15) is 24.5 Å². The Morgan fingerprint density at radius 2 is 1.85 bits per heavy atom. The number of rotatable bonds is 6. The zero-order valence-corrected chi connectivity index (χ0v) is 12.7. The molecular weight excluding hydrogens is 274 g/mol. The van der Waals surface area contributed by atoms with E-state index in [-0.39, 0.29) is 0 Å². The Balaban J connectivity index is 1.84. The summed E-state index contributed by atoms with van der Waals surface area (Å²) in [6.07, 6.45) is 0.729. The number of hydrogen-bond acceptors (Lipinski definition) is 5. The van der Waals surface area contributed by atoms with Crippen molar-refractivity contribution >= 4 is 11.3 Å². The second-order valence-electron chi connectivity index (χ2n) is 4.96. The van der Waals surface area contributed by atoms with Gasteiger partial charge in [0, 0.05) is 11.8 Å². The van der Waals surface area contributed by atoms with Gasteiger partial charge in [0.05, 0.1) is 24.4 Å². The van der Waals surface area contributed by atoms with Crippen molar-refractivity contribution in [3.8, 4) is 11.5 Å². The Labute approximate surface area is 123 Å². The number of ether oxygens (including phenoxy) is 2. The summed E-state index contributed by atoms with van der Waals surface area (Å²) in [5.41, 5.74) is -0.173. The minimum atomic E-state index is -0.883. The maximum Gasteiger partial charge on any atom is 0.119 e. The largest absolute Gasteiger partial charge is 0.497 e. The van der Waals surface area contributed by atoms with Crippen LogP contribution in [-0.2, 0) is 12.0 Å². The number of aliphatic hydroxyl groups is 1. The zero-order chi connectivity index (χ0) is 14.6. The van der Waals surface area contributed by atoms with Crippen LogP contribution in [0, 0.1) is 0 Å². The molecule has 0 aliphatic rings. The monoisotopic (exact) mass is 293 g/mol. The van der Waals surface area contributed by atoms with Gasteiger partial charge in [-0.15, -0.1) is 11.3 Å². The van der Waals surface area contributed by atoms with Gasteiger partial charge in [0.1, 0.15) is 17.1 Å². The van der Waals surface area contributed by atoms with E-state index in [1.165, 1.54) is 0 Å². The molecule has 20 heavy (non-hydrogen) atoms. The molecule has 0 saturated carbocycles. The first-order chi connectivity index (χ1) is 9.49. The van der Waals surface area contributed by atoms with E-state index >= 15 is 0 Å². The Morgan fingerprint density at radius 3 is 2.40 bits per heavy atom. The van der Waals surface area contributed by atoms with E-state index in [0.717, 1.165) is 22.9 Å². The average Bonchev–Trinajstić information content (AvgIpc) is 2.88. The molecule has 0 radical (unpaired) electrons. The van der Waals surface area contributed by atoms with Crippen molar-refractivity contribution in [1.29, 1.82) is 0 Å². The molecule has 0 fully saturated rings. The van der Waals surface area contributed by atoms with Crippen LogP contribution in [-0.4, -0.2) is 23.8 Å².